The number of unbranched alkanes of at least 4 members (excludes halogenated alkanes) is 48. The highest BCUT2D eigenvalue weighted by atomic mass is 16.7. The molecule has 6 N–H and O–H groups in total. The molecule has 1 fully saturated rings. The molecule has 0 aliphatic carbocycles. The van der Waals surface area contributed by atoms with Gasteiger partial charge in [-0.3, -0.25) is 9.59 Å². The van der Waals surface area contributed by atoms with Crippen LogP contribution < -0.4 is 5.32 Å². The van der Waals surface area contributed by atoms with Crippen molar-refractivity contribution >= 4 is 11.9 Å². The van der Waals surface area contributed by atoms with Gasteiger partial charge in [-0.1, -0.05) is 338 Å². The number of carbonyl (C=O) groups is 2. The van der Waals surface area contributed by atoms with Gasteiger partial charge in [-0.15, -0.1) is 0 Å². The maximum Gasteiger partial charge on any atom is 0.305 e. The number of aliphatic hydroxyl groups excluding tert-OH is 5. The van der Waals surface area contributed by atoms with Crippen molar-refractivity contribution in [3.63, 3.8) is 0 Å². The first kappa shape index (κ1) is 87.4. The summed E-state index contributed by atoms with van der Waals surface area (Å²) < 4.78 is 16.8. The number of esters is 1. The zero-order valence-electron chi connectivity index (χ0n) is 60.0. The molecule has 11 heteroatoms. The van der Waals surface area contributed by atoms with Crippen molar-refractivity contribution in [3.05, 3.63) is 60.8 Å². The third-order valence-corrected chi connectivity index (χ3v) is 18.6. The lowest BCUT2D eigenvalue weighted by Gasteiger charge is -2.40. The lowest BCUT2D eigenvalue weighted by molar-refractivity contribution is -0.302. The number of nitrogens with one attached hydrogen (secondary N) is 1. The Morgan fingerprint density at radius 2 is 0.750 bits per heavy atom. The van der Waals surface area contributed by atoms with Crippen molar-refractivity contribution in [1.82, 2.24) is 5.32 Å². The molecule has 0 aromatic rings. The van der Waals surface area contributed by atoms with Gasteiger partial charge in [0, 0.05) is 12.8 Å². The van der Waals surface area contributed by atoms with E-state index in [4.69, 9.17) is 14.2 Å². The van der Waals surface area contributed by atoms with Gasteiger partial charge in [0.05, 0.1) is 32.0 Å². The Morgan fingerprint density at radius 3 is 1.14 bits per heavy atom. The predicted molar refractivity (Wildman–Crippen MR) is 389 cm³/mol. The Morgan fingerprint density at radius 1 is 0.402 bits per heavy atom. The molecule has 0 bridgehead atoms. The van der Waals surface area contributed by atoms with Crippen LogP contribution >= 0.6 is 0 Å². The van der Waals surface area contributed by atoms with E-state index in [0.29, 0.717) is 19.4 Å². The number of aliphatic hydroxyl groups is 5. The fraction of sp³-hybridized carbons (Fsp3) is 0.852. The van der Waals surface area contributed by atoms with Gasteiger partial charge in [0.1, 0.15) is 24.4 Å². The van der Waals surface area contributed by atoms with Crippen molar-refractivity contribution in [2.45, 2.75) is 423 Å². The third kappa shape index (κ3) is 57.6. The Balaban J connectivity index is 1.93. The first-order chi connectivity index (χ1) is 45.2. The second kappa shape index (κ2) is 69.7. The van der Waals surface area contributed by atoms with Crippen molar-refractivity contribution in [1.29, 1.82) is 0 Å². The SMILES string of the molecule is CCC/C=C\C/C=C\CCCCCCCC(=O)OCCCCCCCCCCCCCCC/C=C\C/C=C\CCCCCCCCCCCCCCCCCCCC(=O)NC(COC1OC(CO)C(O)C(O)C1O)C(O)/C=C/CCCCCCCCCCCCCC. The summed E-state index contributed by atoms with van der Waals surface area (Å²) in [5, 5.41) is 54.6. The van der Waals surface area contributed by atoms with Gasteiger partial charge in [-0.25, -0.2) is 0 Å². The number of allylic oxidation sites excluding steroid dienone is 9. The second-order valence-corrected chi connectivity index (χ2v) is 27.4. The summed E-state index contributed by atoms with van der Waals surface area (Å²) in [5.41, 5.74) is 0. The highest BCUT2D eigenvalue weighted by molar-refractivity contribution is 5.76. The number of rotatable bonds is 70. The van der Waals surface area contributed by atoms with Crippen molar-refractivity contribution in [2.75, 3.05) is 19.8 Å². The summed E-state index contributed by atoms with van der Waals surface area (Å²) in [6.07, 6.45) is 83.8. The number of amides is 1. The van der Waals surface area contributed by atoms with Crippen LogP contribution in [0.1, 0.15) is 380 Å². The normalized spacial score (nSPS) is 17.8. The molecule has 1 saturated heterocycles. The highest BCUT2D eigenvalue weighted by Gasteiger charge is 2.44. The van der Waals surface area contributed by atoms with E-state index < -0.39 is 49.5 Å². The Bertz CT molecular complexity index is 1710. The van der Waals surface area contributed by atoms with E-state index in [1.54, 1.807) is 6.08 Å². The lowest BCUT2D eigenvalue weighted by Crippen LogP contribution is -2.60. The maximum atomic E-state index is 13.1. The van der Waals surface area contributed by atoms with Gasteiger partial charge in [0.15, 0.2) is 6.29 Å². The van der Waals surface area contributed by atoms with E-state index in [2.05, 4.69) is 67.8 Å². The Hall–Kier alpha value is -2.64. The summed E-state index contributed by atoms with van der Waals surface area (Å²) in [5.74, 6) is -0.180. The summed E-state index contributed by atoms with van der Waals surface area (Å²) >= 11 is 0. The molecule has 11 nitrogen and oxygen atoms in total. The molecule has 1 aliphatic rings. The monoisotopic (exact) mass is 1300 g/mol. The summed E-state index contributed by atoms with van der Waals surface area (Å²) in [6, 6.07) is -0.809. The smallest absolute Gasteiger partial charge is 0.305 e. The molecule has 1 rings (SSSR count). The molecule has 0 radical (unpaired) electrons. The highest BCUT2D eigenvalue weighted by Crippen LogP contribution is 2.24. The quantitative estimate of drug-likeness (QED) is 0.0195. The van der Waals surface area contributed by atoms with Crippen LogP contribution in [0.2, 0.25) is 0 Å². The molecular weight excluding hydrogens is 1150 g/mol. The Labute approximate surface area is 567 Å². The molecular formula is C81H149NO10. The van der Waals surface area contributed by atoms with Crippen LogP contribution in [0.5, 0.6) is 0 Å². The van der Waals surface area contributed by atoms with E-state index in [-0.39, 0.29) is 18.5 Å². The van der Waals surface area contributed by atoms with Crippen molar-refractivity contribution in [2.24, 2.45) is 0 Å². The molecule has 0 saturated carbocycles. The number of hydrogen-bond donors (Lipinski definition) is 6. The van der Waals surface area contributed by atoms with E-state index in [0.717, 1.165) is 70.6 Å². The maximum absolute atomic E-state index is 13.1. The average Bonchev–Trinajstić information content (AvgIpc) is 1.10. The summed E-state index contributed by atoms with van der Waals surface area (Å²) in [4.78, 5) is 25.1. The van der Waals surface area contributed by atoms with E-state index in [1.807, 2.05) is 6.08 Å². The predicted octanol–water partition coefficient (Wildman–Crippen LogP) is 21.2. The zero-order valence-corrected chi connectivity index (χ0v) is 60.0. The topological polar surface area (TPSA) is 175 Å². The van der Waals surface area contributed by atoms with Crippen LogP contribution in [0.4, 0.5) is 0 Å². The molecule has 92 heavy (non-hydrogen) atoms. The van der Waals surface area contributed by atoms with Crippen molar-refractivity contribution in [3.8, 4) is 0 Å². The van der Waals surface area contributed by atoms with Crippen LogP contribution in [0.3, 0.4) is 0 Å². The molecule has 1 amide bonds. The van der Waals surface area contributed by atoms with Crippen LogP contribution in [0, 0.1) is 0 Å². The van der Waals surface area contributed by atoms with E-state index >= 15 is 0 Å². The number of hydrogen-bond acceptors (Lipinski definition) is 10. The summed E-state index contributed by atoms with van der Waals surface area (Å²) in [7, 11) is 0. The van der Waals surface area contributed by atoms with Gasteiger partial charge in [0.2, 0.25) is 5.91 Å². The molecule has 0 aromatic carbocycles. The fourth-order valence-electron chi connectivity index (χ4n) is 12.4. The first-order valence-corrected chi connectivity index (χ1v) is 39.6. The van der Waals surface area contributed by atoms with Gasteiger partial charge in [-0.2, -0.15) is 0 Å². The van der Waals surface area contributed by atoms with Crippen molar-refractivity contribution < 1.29 is 49.3 Å². The molecule has 538 valence electrons. The molecule has 1 heterocycles. The average molecular weight is 1300 g/mol. The molecule has 7 unspecified atom stereocenters. The summed E-state index contributed by atoms with van der Waals surface area (Å²) in [6.45, 7) is 4.32. The Kier molecular flexibility index (Phi) is 66.2. The zero-order chi connectivity index (χ0) is 66.5. The van der Waals surface area contributed by atoms with Crippen LogP contribution in [-0.4, -0.2) is 100 Å². The minimum Gasteiger partial charge on any atom is -0.466 e. The first-order valence-electron chi connectivity index (χ1n) is 39.6. The third-order valence-electron chi connectivity index (χ3n) is 18.6. The largest absolute Gasteiger partial charge is 0.466 e. The minimum atomic E-state index is -1.57. The van der Waals surface area contributed by atoms with Gasteiger partial charge < -0.3 is 45.1 Å². The van der Waals surface area contributed by atoms with Crippen LogP contribution in [-0.2, 0) is 23.8 Å². The molecule has 1 aliphatic heterocycles. The van der Waals surface area contributed by atoms with Gasteiger partial charge in [0.25, 0.3) is 0 Å². The molecule has 0 aromatic heterocycles. The second-order valence-electron chi connectivity index (χ2n) is 27.4. The number of ether oxygens (including phenoxy) is 3. The molecule has 0 spiro atoms. The molecule has 7 atom stereocenters. The standard InChI is InChI=1S/C81H149NO10/c1-3-5-7-9-11-13-15-17-44-47-51-55-59-63-67-74(84)73(72-91-81-80(89)79(88)78(87)75(71-83)92-81)82-76(85)68-64-60-56-52-48-45-41-39-37-35-33-31-29-27-25-23-21-19-18-20-22-24-26-28-30-32-34-36-38-40-42-46-50-54-58-62-66-70-90-77(86)69-65-61-57-53-49-43-16-14-12-10-8-6-4-2/h8,10,14,16,18,20,24,26,63,67,73-75,78-81,83-84,87-89H,3-7,9,11-13,15,17,19,21-23,25,27-62,64-66,68-72H2,1-2H3,(H,82,85)/b10-8-,16-14-,20-18-,26-24-,67-63+. The van der Waals surface area contributed by atoms with Crippen LogP contribution in [0.25, 0.3) is 0 Å². The fourth-order valence-corrected chi connectivity index (χ4v) is 12.4. The lowest BCUT2D eigenvalue weighted by atomic mass is 9.99. The van der Waals surface area contributed by atoms with E-state index in [9.17, 15) is 35.1 Å². The number of carbonyl (C=O) groups excluding carboxylic acids is 2. The van der Waals surface area contributed by atoms with Gasteiger partial charge in [-0.05, 0) is 89.9 Å². The van der Waals surface area contributed by atoms with Crippen LogP contribution in [0.15, 0.2) is 60.8 Å². The van der Waals surface area contributed by atoms with Gasteiger partial charge >= 0.3 is 5.97 Å². The minimum absolute atomic E-state index is 0.00282. The van der Waals surface area contributed by atoms with E-state index in [1.165, 1.54) is 283 Å².